The average Bonchev–Trinajstić information content (AvgIpc) is 3.36. The Bertz CT molecular complexity index is 1090. The number of aliphatic hydroxyl groups is 6. The third kappa shape index (κ3) is 4.27. The van der Waals surface area contributed by atoms with Crippen LogP contribution in [0.2, 0.25) is 0 Å². The zero-order valence-corrected chi connectivity index (χ0v) is 25.8. The summed E-state index contributed by atoms with van der Waals surface area (Å²) < 4.78 is 24.9. The maximum Gasteiger partial charge on any atom is 0.186 e. The normalized spacial score (nSPS) is 57.9. The van der Waals surface area contributed by atoms with Crippen LogP contribution in [-0.2, 0) is 18.9 Å². The fourth-order valence-electron chi connectivity index (χ4n) is 11.1. The SMILES string of the molecule is C[C@@H]1[C@@]2(CC[C@@H](CO)CO2)O[C@H]2C[C@H]3[C@@H]4CC=C5C[C@@H](O[C@@H]6O[C@H](CO)[C@@H](O)[C@H](O)[C@H]6O)CC[C@]5(C)[C@H]4CC[C@]3(C)[C@]21O. The summed E-state index contributed by atoms with van der Waals surface area (Å²) in [6.45, 7) is 6.94. The number of hydrogen-bond acceptors (Lipinski definition) is 10. The molecule has 4 aliphatic carbocycles. The van der Waals surface area contributed by atoms with Crippen LogP contribution in [0.15, 0.2) is 11.6 Å². The summed E-state index contributed by atoms with van der Waals surface area (Å²) in [7, 11) is 0. The van der Waals surface area contributed by atoms with Gasteiger partial charge in [0.25, 0.3) is 0 Å². The molecule has 0 amide bonds. The molecule has 3 saturated carbocycles. The van der Waals surface area contributed by atoms with Crippen molar-refractivity contribution in [3.8, 4) is 0 Å². The molecular weight excluding hydrogens is 556 g/mol. The molecule has 6 N–H and O–H groups in total. The van der Waals surface area contributed by atoms with E-state index < -0.39 is 48.7 Å². The molecule has 1 spiro atoms. The quantitative estimate of drug-likeness (QED) is 0.259. The summed E-state index contributed by atoms with van der Waals surface area (Å²) in [5.41, 5.74) is 0.201. The molecule has 244 valence electrons. The highest BCUT2D eigenvalue weighted by atomic mass is 16.7. The van der Waals surface area contributed by atoms with E-state index in [1.54, 1.807) is 0 Å². The molecule has 0 aromatic carbocycles. The predicted molar refractivity (Wildman–Crippen MR) is 153 cm³/mol. The van der Waals surface area contributed by atoms with Crippen molar-refractivity contribution >= 4 is 0 Å². The van der Waals surface area contributed by atoms with E-state index in [4.69, 9.17) is 18.9 Å². The Morgan fingerprint density at radius 3 is 2.44 bits per heavy atom. The zero-order valence-electron chi connectivity index (χ0n) is 25.8. The van der Waals surface area contributed by atoms with Gasteiger partial charge in [0, 0.05) is 30.3 Å². The maximum atomic E-state index is 12.6. The van der Waals surface area contributed by atoms with Crippen LogP contribution < -0.4 is 0 Å². The monoisotopic (exact) mass is 608 g/mol. The van der Waals surface area contributed by atoms with E-state index in [0.717, 1.165) is 51.4 Å². The molecule has 3 heterocycles. The second kappa shape index (κ2) is 10.7. The first-order chi connectivity index (χ1) is 20.4. The van der Waals surface area contributed by atoms with Crippen LogP contribution in [0.3, 0.4) is 0 Å². The first kappa shape index (κ1) is 31.0. The highest BCUT2D eigenvalue weighted by Gasteiger charge is 2.76. The number of rotatable bonds is 4. The van der Waals surface area contributed by atoms with Gasteiger partial charge >= 0.3 is 0 Å². The van der Waals surface area contributed by atoms with Crippen LogP contribution in [0, 0.1) is 40.4 Å². The van der Waals surface area contributed by atoms with Crippen molar-refractivity contribution in [2.24, 2.45) is 40.4 Å². The molecule has 6 fully saturated rings. The Morgan fingerprint density at radius 2 is 1.74 bits per heavy atom. The van der Waals surface area contributed by atoms with Gasteiger partial charge < -0.3 is 49.6 Å². The van der Waals surface area contributed by atoms with Gasteiger partial charge in [-0.1, -0.05) is 32.4 Å². The molecule has 0 bridgehead atoms. The number of fused-ring (bicyclic) bond motifs is 7. The standard InChI is InChI=1S/C33H52O10/c1-17-32(11-6-18(14-34)16-40-32)43-25-13-23-21-5-4-19-12-20(41-29-28(38)27(37)26(36)24(15-35)42-29)7-9-30(19,2)22(21)8-10-31(23,3)33(17,25)39/h4,17-18,20-29,34-39H,5-16H2,1-3H3/t17-,18+,20+,21-,22+,23+,24-,25+,26-,27+,28-,29-,30+,31+,32-,33-/m1/s1. The van der Waals surface area contributed by atoms with Gasteiger partial charge in [0.05, 0.1) is 25.4 Å². The summed E-state index contributed by atoms with van der Waals surface area (Å²) in [5, 5.41) is 62.6. The summed E-state index contributed by atoms with van der Waals surface area (Å²) in [4.78, 5) is 0. The van der Waals surface area contributed by atoms with E-state index in [9.17, 15) is 30.6 Å². The lowest BCUT2D eigenvalue weighted by atomic mass is 9.46. The van der Waals surface area contributed by atoms with Gasteiger partial charge in [-0.2, -0.15) is 0 Å². The van der Waals surface area contributed by atoms with E-state index in [0.29, 0.717) is 30.8 Å². The first-order valence-electron chi connectivity index (χ1n) is 16.7. The van der Waals surface area contributed by atoms with Gasteiger partial charge in [0.2, 0.25) is 0 Å². The molecular formula is C33H52O10. The Kier molecular flexibility index (Phi) is 7.70. The third-order valence-corrected chi connectivity index (χ3v) is 13.9. The lowest BCUT2D eigenvalue weighted by Gasteiger charge is -2.60. The molecule has 43 heavy (non-hydrogen) atoms. The van der Waals surface area contributed by atoms with E-state index in [-0.39, 0.29) is 41.5 Å². The van der Waals surface area contributed by atoms with Crippen molar-refractivity contribution in [3.63, 3.8) is 0 Å². The number of allylic oxidation sites excluding steroid dienone is 1. The second-order valence-corrected chi connectivity index (χ2v) is 15.5. The zero-order chi connectivity index (χ0) is 30.5. The minimum Gasteiger partial charge on any atom is -0.396 e. The molecule has 3 saturated heterocycles. The Morgan fingerprint density at radius 1 is 0.953 bits per heavy atom. The molecule has 7 rings (SSSR count). The van der Waals surface area contributed by atoms with Crippen molar-refractivity contribution in [2.75, 3.05) is 19.8 Å². The summed E-state index contributed by atoms with van der Waals surface area (Å²) >= 11 is 0. The maximum absolute atomic E-state index is 12.6. The average molecular weight is 609 g/mol. The van der Waals surface area contributed by atoms with Crippen molar-refractivity contribution in [1.82, 2.24) is 0 Å². The first-order valence-corrected chi connectivity index (χ1v) is 16.7. The smallest absolute Gasteiger partial charge is 0.186 e. The minimum absolute atomic E-state index is 0.0271. The summed E-state index contributed by atoms with van der Waals surface area (Å²) in [6.07, 6.45) is 3.45. The van der Waals surface area contributed by atoms with Crippen LogP contribution in [0.25, 0.3) is 0 Å². The molecule has 0 radical (unpaired) electrons. The Hall–Kier alpha value is -0.660. The number of ether oxygens (including phenoxy) is 4. The van der Waals surface area contributed by atoms with Gasteiger partial charge in [-0.25, -0.2) is 0 Å². The van der Waals surface area contributed by atoms with Crippen molar-refractivity contribution in [2.45, 2.75) is 133 Å². The molecule has 0 aromatic heterocycles. The summed E-state index contributed by atoms with van der Waals surface area (Å²) in [6, 6.07) is 0. The molecule has 3 aliphatic heterocycles. The fraction of sp³-hybridized carbons (Fsp3) is 0.939. The molecule has 0 aromatic rings. The van der Waals surface area contributed by atoms with Gasteiger partial charge in [-0.15, -0.1) is 0 Å². The van der Waals surface area contributed by atoms with E-state index >= 15 is 0 Å². The lowest BCUT2D eigenvalue weighted by Crippen LogP contribution is -2.60. The Labute approximate surface area is 254 Å². The van der Waals surface area contributed by atoms with Gasteiger partial charge in [0.15, 0.2) is 12.1 Å². The van der Waals surface area contributed by atoms with Gasteiger partial charge in [0.1, 0.15) is 30.0 Å². The largest absolute Gasteiger partial charge is 0.396 e. The van der Waals surface area contributed by atoms with Crippen LogP contribution >= 0.6 is 0 Å². The Balaban J connectivity index is 1.07. The predicted octanol–water partition coefficient (Wildman–Crippen LogP) is 1.63. The fourth-order valence-corrected chi connectivity index (χ4v) is 11.1. The van der Waals surface area contributed by atoms with E-state index in [1.165, 1.54) is 5.57 Å². The summed E-state index contributed by atoms with van der Waals surface area (Å²) in [5.74, 6) is 0.548. The third-order valence-electron chi connectivity index (χ3n) is 13.9. The van der Waals surface area contributed by atoms with Crippen LogP contribution in [0.5, 0.6) is 0 Å². The van der Waals surface area contributed by atoms with Gasteiger partial charge in [-0.05, 0) is 74.5 Å². The van der Waals surface area contributed by atoms with Crippen LogP contribution in [-0.4, -0.2) is 105 Å². The van der Waals surface area contributed by atoms with Crippen molar-refractivity contribution in [1.29, 1.82) is 0 Å². The molecule has 16 atom stereocenters. The highest BCUT2D eigenvalue weighted by Crippen LogP contribution is 2.72. The highest BCUT2D eigenvalue weighted by molar-refractivity contribution is 5.29. The molecule has 10 nitrogen and oxygen atoms in total. The molecule has 10 heteroatoms. The second-order valence-electron chi connectivity index (χ2n) is 15.5. The van der Waals surface area contributed by atoms with E-state index in [2.05, 4.69) is 26.8 Å². The van der Waals surface area contributed by atoms with Crippen molar-refractivity contribution < 1.29 is 49.6 Å². The minimum atomic E-state index is -1.44. The lowest BCUT2D eigenvalue weighted by molar-refractivity contribution is -0.313. The van der Waals surface area contributed by atoms with Crippen molar-refractivity contribution in [3.05, 3.63) is 11.6 Å². The number of aliphatic hydroxyl groups excluding tert-OH is 5. The number of hydrogen-bond donors (Lipinski definition) is 6. The van der Waals surface area contributed by atoms with Crippen LogP contribution in [0.4, 0.5) is 0 Å². The molecule has 7 aliphatic rings. The van der Waals surface area contributed by atoms with E-state index in [1.807, 2.05) is 0 Å². The van der Waals surface area contributed by atoms with Crippen LogP contribution in [0.1, 0.15) is 78.6 Å². The topological polar surface area (TPSA) is 158 Å². The van der Waals surface area contributed by atoms with Gasteiger partial charge in [-0.3, -0.25) is 0 Å². The molecule has 0 unspecified atom stereocenters.